The van der Waals surface area contributed by atoms with E-state index in [1.165, 1.54) is 10.4 Å². The molecule has 4 heteroatoms. The zero-order valence-electron chi connectivity index (χ0n) is 9.63. The molecule has 1 aliphatic heterocycles. The maximum absolute atomic E-state index is 10.9. The van der Waals surface area contributed by atoms with Gasteiger partial charge in [-0.05, 0) is 53.6 Å². The van der Waals surface area contributed by atoms with Crippen LogP contribution in [0.25, 0.3) is 10.4 Å². The molecule has 0 spiro atoms. The van der Waals surface area contributed by atoms with Gasteiger partial charge in [0.2, 0.25) is 0 Å². The quantitative estimate of drug-likeness (QED) is 0.902. The van der Waals surface area contributed by atoms with Gasteiger partial charge in [0, 0.05) is 4.88 Å². The van der Waals surface area contributed by atoms with Crippen molar-refractivity contribution in [1.82, 2.24) is 0 Å². The molecule has 18 heavy (non-hydrogen) atoms. The third-order valence-electron chi connectivity index (χ3n) is 3.09. The van der Waals surface area contributed by atoms with Gasteiger partial charge in [-0.1, -0.05) is 6.07 Å². The molecule has 2 heterocycles. The van der Waals surface area contributed by atoms with Crippen LogP contribution < -0.4 is 4.74 Å². The molecule has 0 saturated carbocycles. The molecule has 1 unspecified atom stereocenters. The minimum absolute atomic E-state index is 0.538. The summed E-state index contributed by atoms with van der Waals surface area (Å²) >= 11 is 1.70. The monoisotopic (exact) mass is 260 g/mol. The Morgan fingerprint density at radius 1 is 1.39 bits per heavy atom. The second-order valence-corrected chi connectivity index (χ2v) is 5.23. The lowest BCUT2D eigenvalue weighted by atomic mass is 9.99. The molecule has 92 valence electrons. The van der Waals surface area contributed by atoms with E-state index in [1.54, 1.807) is 11.3 Å². The number of carboxylic acid groups (broad SMARTS) is 1. The number of carboxylic acids is 1. The topological polar surface area (TPSA) is 46.5 Å². The van der Waals surface area contributed by atoms with Crippen molar-refractivity contribution in [2.75, 3.05) is 0 Å². The Bertz CT molecular complexity index is 575. The van der Waals surface area contributed by atoms with Crippen LogP contribution in [-0.2, 0) is 11.2 Å². The Labute approximate surface area is 109 Å². The fourth-order valence-electron chi connectivity index (χ4n) is 2.16. The van der Waals surface area contributed by atoms with E-state index in [4.69, 9.17) is 9.84 Å². The van der Waals surface area contributed by atoms with Crippen molar-refractivity contribution in [1.29, 1.82) is 0 Å². The molecule has 0 aliphatic carbocycles. The van der Waals surface area contributed by atoms with Crippen molar-refractivity contribution in [2.45, 2.75) is 18.9 Å². The Hall–Kier alpha value is -1.81. The first-order valence-electron chi connectivity index (χ1n) is 5.80. The summed E-state index contributed by atoms with van der Waals surface area (Å²) in [5.41, 5.74) is 2.26. The molecule has 0 fully saturated rings. The third kappa shape index (κ3) is 1.99. The fraction of sp³-hybridized carbons (Fsp3) is 0.214. The van der Waals surface area contributed by atoms with E-state index in [0.29, 0.717) is 12.2 Å². The van der Waals surface area contributed by atoms with Gasteiger partial charge in [0.05, 0.1) is 0 Å². The maximum Gasteiger partial charge on any atom is 0.344 e. The van der Waals surface area contributed by atoms with Gasteiger partial charge in [0.15, 0.2) is 6.10 Å². The lowest BCUT2D eigenvalue weighted by Gasteiger charge is -2.23. The highest BCUT2D eigenvalue weighted by molar-refractivity contribution is 7.13. The molecular weight excluding hydrogens is 248 g/mol. The third-order valence-corrected chi connectivity index (χ3v) is 4.01. The van der Waals surface area contributed by atoms with Crippen molar-refractivity contribution >= 4 is 17.3 Å². The normalized spacial score (nSPS) is 17.9. The summed E-state index contributed by atoms with van der Waals surface area (Å²) in [4.78, 5) is 12.1. The number of benzene rings is 1. The number of hydrogen-bond donors (Lipinski definition) is 1. The lowest BCUT2D eigenvalue weighted by Crippen LogP contribution is -2.30. The van der Waals surface area contributed by atoms with Crippen LogP contribution in [0.1, 0.15) is 12.0 Å². The second-order valence-electron chi connectivity index (χ2n) is 4.28. The predicted molar refractivity (Wildman–Crippen MR) is 70.1 cm³/mol. The Morgan fingerprint density at radius 2 is 2.28 bits per heavy atom. The van der Waals surface area contributed by atoms with Crippen LogP contribution in [0, 0.1) is 0 Å². The Balaban J connectivity index is 1.92. The summed E-state index contributed by atoms with van der Waals surface area (Å²) in [6.45, 7) is 0. The standard InChI is InChI=1S/C14H12O3S/c15-14(16)12-6-3-9-8-10(4-5-11(9)17-12)13-2-1-7-18-13/h1-2,4-5,7-8,12H,3,6H2,(H,15,16). The molecule has 0 amide bonds. The number of thiophene rings is 1. The summed E-state index contributed by atoms with van der Waals surface area (Å²) in [5.74, 6) is -0.183. The van der Waals surface area contributed by atoms with Gasteiger partial charge >= 0.3 is 5.97 Å². The highest BCUT2D eigenvalue weighted by atomic mass is 32.1. The van der Waals surface area contributed by atoms with Crippen LogP contribution in [0.4, 0.5) is 0 Å². The first kappa shape index (κ1) is 11.3. The van der Waals surface area contributed by atoms with E-state index in [2.05, 4.69) is 12.1 Å². The molecule has 3 nitrogen and oxygen atoms in total. The highest BCUT2D eigenvalue weighted by Crippen LogP contribution is 2.33. The van der Waals surface area contributed by atoms with E-state index in [9.17, 15) is 4.79 Å². The molecule has 1 aromatic heterocycles. The Kier molecular flexibility index (Phi) is 2.80. The lowest BCUT2D eigenvalue weighted by molar-refractivity contribution is -0.145. The summed E-state index contributed by atoms with van der Waals surface area (Å²) in [6, 6.07) is 10.1. The van der Waals surface area contributed by atoms with Crippen molar-refractivity contribution < 1.29 is 14.6 Å². The number of carbonyl (C=O) groups is 1. The van der Waals surface area contributed by atoms with Gasteiger partial charge in [-0.15, -0.1) is 11.3 Å². The molecular formula is C14H12O3S. The van der Waals surface area contributed by atoms with Gasteiger partial charge in [-0.25, -0.2) is 4.79 Å². The van der Waals surface area contributed by atoms with Crippen molar-refractivity contribution in [2.24, 2.45) is 0 Å². The Morgan fingerprint density at radius 3 is 3.00 bits per heavy atom. The number of ether oxygens (including phenoxy) is 1. The largest absolute Gasteiger partial charge is 0.479 e. The van der Waals surface area contributed by atoms with E-state index < -0.39 is 12.1 Å². The van der Waals surface area contributed by atoms with Crippen LogP contribution >= 0.6 is 11.3 Å². The summed E-state index contributed by atoms with van der Waals surface area (Å²) < 4.78 is 5.47. The summed E-state index contributed by atoms with van der Waals surface area (Å²) in [7, 11) is 0. The van der Waals surface area contributed by atoms with Crippen LogP contribution in [0.15, 0.2) is 35.7 Å². The van der Waals surface area contributed by atoms with Gasteiger partial charge < -0.3 is 9.84 Å². The number of fused-ring (bicyclic) bond motifs is 1. The van der Waals surface area contributed by atoms with E-state index in [0.717, 1.165) is 12.0 Å². The molecule has 0 radical (unpaired) electrons. The first-order valence-corrected chi connectivity index (χ1v) is 6.68. The molecule has 0 saturated heterocycles. The van der Waals surface area contributed by atoms with Gasteiger partial charge in [-0.2, -0.15) is 0 Å². The minimum Gasteiger partial charge on any atom is -0.479 e. The van der Waals surface area contributed by atoms with E-state index in [-0.39, 0.29) is 0 Å². The average Bonchev–Trinajstić information content (AvgIpc) is 2.91. The van der Waals surface area contributed by atoms with Crippen LogP contribution in [-0.4, -0.2) is 17.2 Å². The highest BCUT2D eigenvalue weighted by Gasteiger charge is 2.25. The SMILES string of the molecule is O=C(O)C1CCc2cc(-c3cccs3)ccc2O1. The number of aliphatic carboxylic acids is 1. The van der Waals surface area contributed by atoms with Crippen molar-refractivity contribution in [3.8, 4) is 16.2 Å². The van der Waals surface area contributed by atoms with Crippen LogP contribution in [0.5, 0.6) is 5.75 Å². The van der Waals surface area contributed by atoms with Crippen molar-refractivity contribution in [3.63, 3.8) is 0 Å². The van der Waals surface area contributed by atoms with Crippen LogP contribution in [0.3, 0.4) is 0 Å². The molecule has 1 aromatic carbocycles. The molecule has 1 N–H and O–H groups in total. The van der Waals surface area contributed by atoms with Gasteiger partial charge in [0.1, 0.15) is 5.75 Å². The first-order chi connectivity index (χ1) is 8.74. The smallest absolute Gasteiger partial charge is 0.344 e. The number of hydrogen-bond acceptors (Lipinski definition) is 3. The molecule has 3 rings (SSSR count). The molecule has 2 aromatic rings. The zero-order chi connectivity index (χ0) is 12.5. The molecule has 1 aliphatic rings. The van der Waals surface area contributed by atoms with E-state index in [1.807, 2.05) is 23.6 Å². The summed E-state index contributed by atoms with van der Waals surface area (Å²) in [5, 5.41) is 11.0. The zero-order valence-corrected chi connectivity index (χ0v) is 10.4. The molecule has 0 bridgehead atoms. The van der Waals surface area contributed by atoms with E-state index >= 15 is 0 Å². The second kappa shape index (κ2) is 4.46. The number of aryl methyl sites for hydroxylation is 1. The minimum atomic E-state index is -0.886. The maximum atomic E-state index is 10.9. The predicted octanol–water partition coefficient (Wildman–Crippen LogP) is 3.19. The number of rotatable bonds is 2. The van der Waals surface area contributed by atoms with Gasteiger partial charge in [0.25, 0.3) is 0 Å². The van der Waals surface area contributed by atoms with Gasteiger partial charge in [-0.3, -0.25) is 0 Å². The fourth-order valence-corrected chi connectivity index (χ4v) is 2.88. The average molecular weight is 260 g/mol. The summed E-state index contributed by atoms with van der Waals surface area (Å²) in [6.07, 6.45) is 0.590. The van der Waals surface area contributed by atoms with Crippen LogP contribution in [0.2, 0.25) is 0 Å². The van der Waals surface area contributed by atoms with Crippen molar-refractivity contribution in [3.05, 3.63) is 41.3 Å². The molecule has 1 atom stereocenters.